The maximum absolute atomic E-state index is 12.4. The Kier molecular flexibility index (Phi) is 5.66. The first kappa shape index (κ1) is 17.4. The van der Waals surface area contributed by atoms with Crippen LogP contribution in [0.25, 0.3) is 10.2 Å². The van der Waals surface area contributed by atoms with Crippen LogP contribution in [-0.4, -0.2) is 17.1 Å². The lowest BCUT2D eigenvalue weighted by atomic mass is 10.2. The summed E-state index contributed by atoms with van der Waals surface area (Å²) < 4.78 is 8.74. The molecule has 3 rings (SSSR count). The van der Waals surface area contributed by atoms with Crippen LogP contribution < -0.4 is 9.54 Å². The summed E-state index contributed by atoms with van der Waals surface area (Å²) in [7, 11) is 1.93. The predicted octanol–water partition coefficient (Wildman–Crippen LogP) is 4.55. The van der Waals surface area contributed by atoms with Crippen LogP contribution in [0.3, 0.4) is 0 Å². The van der Waals surface area contributed by atoms with E-state index in [1.165, 1.54) is 24.2 Å². The zero-order chi connectivity index (χ0) is 17.6. The number of fused-ring (bicyclic) bond motifs is 1. The zero-order valence-electron chi connectivity index (χ0n) is 14.6. The van der Waals surface area contributed by atoms with Crippen molar-refractivity contribution in [3.8, 4) is 5.75 Å². The first-order valence-corrected chi connectivity index (χ1v) is 9.37. The Morgan fingerprint density at radius 3 is 2.60 bits per heavy atom. The van der Waals surface area contributed by atoms with Gasteiger partial charge in [-0.05, 0) is 42.8 Å². The highest BCUT2D eigenvalue weighted by atomic mass is 32.1. The van der Waals surface area contributed by atoms with E-state index >= 15 is 0 Å². The molecule has 130 valence electrons. The van der Waals surface area contributed by atoms with Crippen LogP contribution in [0.5, 0.6) is 5.75 Å². The number of rotatable bonds is 6. The van der Waals surface area contributed by atoms with Crippen LogP contribution in [0.1, 0.15) is 36.5 Å². The number of ether oxygens (including phenoxy) is 1. The lowest BCUT2D eigenvalue weighted by Crippen LogP contribution is -2.13. The van der Waals surface area contributed by atoms with Gasteiger partial charge in [0.1, 0.15) is 5.75 Å². The Labute approximate surface area is 151 Å². The lowest BCUT2D eigenvalue weighted by Gasteiger charge is -2.05. The van der Waals surface area contributed by atoms with Gasteiger partial charge in [-0.25, -0.2) is 0 Å². The van der Waals surface area contributed by atoms with Crippen LogP contribution in [0.2, 0.25) is 0 Å². The lowest BCUT2D eigenvalue weighted by molar-refractivity contribution is 0.0998. The molecule has 5 heteroatoms. The number of benzene rings is 2. The van der Waals surface area contributed by atoms with E-state index in [0.29, 0.717) is 17.0 Å². The van der Waals surface area contributed by atoms with E-state index < -0.39 is 0 Å². The molecule has 2 aromatic carbocycles. The molecular formula is C20H22N2O2S. The molecule has 0 saturated carbocycles. The fraction of sp³-hybridized carbons (Fsp3) is 0.300. The standard InChI is InChI=1S/C20H22N2O2S/c1-3-4-7-14-24-16-12-10-15(11-13-16)19(23)21-20-22(2)17-8-5-6-9-18(17)25-20/h5-6,8-13H,3-4,7,14H2,1-2H3. The number of aryl methyl sites for hydroxylation is 1. The zero-order valence-corrected chi connectivity index (χ0v) is 15.4. The summed E-state index contributed by atoms with van der Waals surface area (Å²) in [5, 5.41) is 0. The number of carbonyl (C=O) groups is 1. The van der Waals surface area contributed by atoms with Gasteiger partial charge in [0.25, 0.3) is 5.91 Å². The smallest absolute Gasteiger partial charge is 0.279 e. The van der Waals surface area contributed by atoms with Gasteiger partial charge in [-0.2, -0.15) is 4.99 Å². The molecule has 1 heterocycles. The number of para-hydroxylation sites is 1. The van der Waals surface area contributed by atoms with Gasteiger partial charge in [0.05, 0.1) is 16.8 Å². The van der Waals surface area contributed by atoms with Crippen LogP contribution in [0.4, 0.5) is 0 Å². The Balaban J connectivity index is 1.75. The topological polar surface area (TPSA) is 43.6 Å². The summed E-state index contributed by atoms with van der Waals surface area (Å²) in [6, 6.07) is 15.2. The molecule has 0 atom stereocenters. The molecule has 25 heavy (non-hydrogen) atoms. The minimum absolute atomic E-state index is 0.236. The molecule has 0 unspecified atom stereocenters. The summed E-state index contributed by atoms with van der Waals surface area (Å²) in [5.41, 5.74) is 1.65. The highest BCUT2D eigenvalue weighted by Crippen LogP contribution is 2.16. The number of unbranched alkanes of at least 4 members (excludes halogenated alkanes) is 2. The van der Waals surface area contributed by atoms with Crippen molar-refractivity contribution >= 4 is 27.5 Å². The second kappa shape index (κ2) is 8.12. The molecule has 1 aromatic heterocycles. The molecule has 4 nitrogen and oxygen atoms in total. The van der Waals surface area contributed by atoms with E-state index in [1.807, 2.05) is 48.0 Å². The van der Waals surface area contributed by atoms with Gasteiger partial charge in [-0.15, -0.1) is 0 Å². The number of hydrogen-bond donors (Lipinski definition) is 0. The molecule has 3 aromatic rings. The molecule has 0 aliphatic rings. The largest absolute Gasteiger partial charge is 0.494 e. The number of carbonyl (C=O) groups excluding carboxylic acids is 1. The molecule has 0 fully saturated rings. The molecule has 0 spiro atoms. The van der Waals surface area contributed by atoms with Gasteiger partial charge >= 0.3 is 0 Å². The first-order valence-electron chi connectivity index (χ1n) is 8.55. The van der Waals surface area contributed by atoms with Gasteiger partial charge in [0.15, 0.2) is 4.80 Å². The van der Waals surface area contributed by atoms with Crippen molar-refractivity contribution < 1.29 is 9.53 Å². The fourth-order valence-corrected chi connectivity index (χ4v) is 3.59. The van der Waals surface area contributed by atoms with Crippen molar-refractivity contribution in [3.63, 3.8) is 0 Å². The summed E-state index contributed by atoms with van der Waals surface area (Å²) in [5.74, 6) is 0.555. The van der Waals surface area contributed by atoms with Gasteiger partial charge in [-0.3, -0.25) is 4.79 Å². The Hall–Kier alpha value is -2.40. The van der Waals surface area contributed by atoms with Crippen molar-refractivity contribution in [3.05, 3.63) is 58.9 Å². The average Bonchev–Trinajstić information content (AvgIpc) is 2.95. The summed E-state index contributed by atoms with van der Waals surface area (Å²) in [6.07, 6.45) is 3.39. The van der Waals surface area contributed by atoms with Gasteiger partial charge in [-0.1, -0.05) is 43.2 Å². The van der Waals surface area contributed by atoms with Crippen molar-refractivity contribution in [1.29, 1.82) is 0 Å². The molecule has 0 bridgehead atoms. The Morgan fingerprint density at radius 1 is 1.12 bits per heavy atom. The van der Waals surface area contributed by atoms with Crippen molar-refractivity contribution in [2.45, 2.75) is 26.2 Å². The minimum atomic E-state index is -0.236. The van der Waals surface area contributed by atoms with E-state index in [1.54, 1.807) is 12.1 Å². The van der Waals surface area contributed by atoms with Gasteiger partial charge in [0, 0.05) is 12.6 Å². The SMILES string of the molecule is CCCCCOc1ccc(C(=O)N=c2sc3ccccc3n2C)cc1. The van der Waals surface area contributed by atoms with Crippen molar-refractivity contribution in [2.24, 2.45) is 12.0 Å². The molecule has 0 radical (unpaired) electrons. The van der Waals surface area contributed by atoms with E-state index in [0.717, 1.165) is 22.4 Å². The second-order valence-electron chi connectivity index (χ2n) is 5.91. The number of hydrogen-bond acceptors (Lipinski definition) is 3. The highest BCUT2D eigenvalue weighted by molar-refractivity contribution is 7.16. The number of nitrogens with zero attached hydrogens (tertiary/aromatic N) is 2. The maximum Gasteiger partial charge on any atom is 0.279 e. The Morgan fingerprint density at radius 2 is 1.88 bits per heavy atom. The predicted molar refractivity (Wildman–Crippen MR) is 102 cm³/mol. The number of amides is 1. The van der Waals surface area contributed by atoms with Crippen molar-refractivity contribution in [1.82, 2.24) is 4.57 Å². The molecule has 1 amide bonds. The third-order valence-corrected chi connectivity index (χ3v) is 5.14. The molecule has 0 aliphatic carbocycles. The number of aromatic nitrogens is 1. The average molecular weight is 354 g/mol. The quantitative estimate of drug-likeness (QED) is 0.610. The van der Waals surface area contributed by atoms with Crippen LogP contribution in [0.15, 0.2) is 53.5 Å². The monoisotopic (exact) mass is 354 g/mol. The third-order valence-electron chi connectivity index (χ3n) is 4.03. The van der Waals surface area contributed by atoms with E-state index in [2.05, 4.69) is 11.9 Å². The van der Waals surface area contributed by atoms with Crippen molar-refractivity contribution in [2.75, 3.05) is 6.61 Å². The summed E-state index contributed by atoms with van der Waals surface area (Å²) in [4.78, 5) is 17.4. The fourth-order valence-electron chi connectivity index (χ4n) is 2.58. The van der Waals surface area contributed by atoms with Crippen LogP contribution in [-0.2, 0) is 7.05 Å². The molecule has 0 saturated heterocycles. The van der Waals surface area contributed by atoms with Gasteiger partial charge in [0.2, 0.25) is 0 Å². The molecular weight excluding hydrogens is 332 g/mol. The number of thiazole rings is 1. The second-order valence-corrected chi connectivity index (χ2v) is 6.92. The molecule has 0 aliphatic heterocycles. The summed E-state index contributed by atoms with van der Waals surface area (Å²) in [6.45, 7) is 2.88. The van der Waals surface area contributed by atoms with E-state index in [4.69, 9.17) is 4.74 Å². The maximum atomic E-state index is 12.4. The summed E-state index contributed by atoms with van der Waals surface area (Å²) >= 11 is 1.52. The van der Waals surface area contributed by atoms with Crippen LogP contribution in [0, 0.1) is 0 Å². The third kappa shape index (κ3) is 4.17. The van der Waals surface area contributed by atoms with E-state index in [-0.39, 0.29) is 5.91 Å². The minimum Gasteiger partial charge on any atom is -0.494 e. The van der Waals surface area contributed by atoms with E-state index in [9.17, 15) is 4.79 Å². The van der Waals surface area contributed by atoms with Crippen LogP contribution >= 0.6 is 11.3 Å². The normalized spacial score (nSPS) is 11.8. The Bertz CT molecular complexity index is 923. The van der Waals surface area contributed by atoms with Gasteiger partial charge < -0.3 is 9.30 Å². The highest BCUT2D eigenvalue weighted by Gasteiger charge is 2.07. The first-order chi connectivity index (χ1) is 12.2. The molecule has 0 N–H and O–H groups in total.